The van der Waals surface area contributed by atoms with Crippen molar-refractivity contribution in [2.24, 2.45) is 5.92 Å². The van der Waals surface area contributed by atoms with Gasteiger partial charge in [0, 0.05) is 19.0 Å². The van der Waals surface area contributed by atoms with Crippen LogP contribution in [0.5, 0.6) is 0 Å². The summed E-state index contributed by atoms with van der Waals surface area (Å²) in [6.07, 6.45) is 5.05. The van der Waals surface area contributed by atoms with E-state index < -0.39 is 0 Å². The third-order valence-electron chi connectivity index (χ3n) is 3.22. The molecule has 1 N–H and O–H groups in total. The molecule has 0 aliphatic rings. The Hall–Kier alpha value is -0.900. The fourth-order valence-electron chi connectivity index (χ4n) is 1.89. The molecule has 0 bridgehead atoms. The van der Waals surface area contributed by atoms with E-state index in [9.17, 15) is 0 Å². The van der Waals surface area contributed by atoms with Crippen molar-refractivity contribution < 1.29 is 0 Å². The van der Waals surface area contributed by atoms with Crippen LogP contribution in [0.25, 0.3) is 0 Å². The quantitative estimate of drug-likeness (QED) is 0.769. The number of nitrogens with one attached hydrogen (secondary N) is 1. The van der Waals surface area contributed by atoms with Crippen LogP contribution in [0.1, 0.15) is 39.4 Å². The number of nitrogens with zero attached hydrogens (tertiary/aromatic N) is 3. The van der Waals surface area contributed by atoms with Crippen molar-refractivity contribution in [1.29, 1.82) is 0 Å². The van der Waals surface area contributed by atoms with Gasteiger partial charge in [-0.3, -0.25) is 4.68 Å². The van der Waals surface area contributed by atoms with Crippen molar-refractivity contribution >= 4 is 0 Å². The molecule has 1 aromatic rings. The monoisotopic (exact) mass is 224 g/mol. The third-order valence-corrected chi connectivity index (χ3v) is 3.22. The molecular weight excluding hydrogens is 200 g/mol. The maximum absolute atomic E-state index is 4.32. The van der Waals surface area contributed by atoms with Gasteiger partial charge in [0.2, 0.25) is 0 Å². The van der Waals surface area contributed by atoms with Crippen molar-refractivity contribution in [2.45, 2.75) is 52.6 Å². The van der Waals surface area contributed by atoms with Crippen LogP contribution in [-0.2, 0) is 13.0 Å². The van der Waals surface area contributed by atoms with E-state index in [4.69, 9.17) is 0 Å². The van der Waals surface area contributed by atoms with E-state index in [1.165, 1.54) is 12.8 Å². The minimum Gasteiger partial charge on any atom is -0.317 e. The van der Waals surface area contributed by atoms with Crippen LogP contribution in [0.2, 0.25) is 0 Å². The summed E-state index contributed by atoms with van der Waals surface area (Å²) in [5, 5.41) is 7.57. The van der Waals surface area contributed by atoms with Crippen molar-refractivity contribution in [3.8, 4) is 0 Å². The summed E-state index contributed by atoms with van der Waals surface area (Å²) in [6, 6.07) is 0.504. The van der Waals surface area contributed by atoms with E-state index in [0.29, 0.717) is 6.04 Å². The molecule has 0 saturated carbocycles. The van der Waals surface area contributed by atoms with Gasteiger partial charge in [0.1, 0.15) is 12.2 Å². The Morgan fingerprint density at radius 1 is 1.44 bits per heavy atom. The van der Waals surface area contributed by atoms with E-state index in [1.54, 1.807) is 6.33 Å². The summed E-state index contributed by atoms with van der Waals surface area (Å²) in [7, 11) is 2.03. The summed E-state index contributed by atoms with van der Waals surface area (Å²) in [4.78, 5) is 4.32. The minimum absolute atomic E-state index is 0.504. The van der Waals surface area contributed by atoms with Crippen LogP contribution < -0.4 is 5.32 Å². The Morgan fingerprint density at radius 3 is 2.75 bits per heavy atom. The second kappa shape index (κ2) is 6.63. The van der Waals surface area contributed by atoms with E-state index in [2.05, 4.69) is 36.2 Å². The molecule has 0 saturated heterocycles. The molecule has 1 rings (SSSR count). The zero-order valence-electron chi connectivity index (χ0n) is 10.9. The molecule has 16 heavy (non-hydrogen) atoms. The van der Waals surface area contributed by atoms with Gasteiger partial charge in [-0.1, -0.05) is 20.3 Å². The molecule has 1 aromatic heterocycles. The highest BCUT2D eigenvalue weighted by Crippen LogP contribution is 2.12. The average Bonchev–Trinajstić information content (AvgIpc) is 2.75. The van der Waals surface area contributed by atoms with Gasteiger partial charge in [-0.2, -0.15) is 5.10 Å². The molecule has 1 heterocycles. The molecular formula is C12H24N4. The molecule has 4 nitrogen and oxygen atoms in total. The first-order chi connectivity index (χ1) is 7.71. The highest BCUT2D eigenvalue weighted by atomic mass is 15.3. The van der Waals surface area contributed by atoms with Crippen LogP contribution >= 0.6 is 0 Å². The molecule has 0 radical (unpaired) electrons. The molecule has 2 unspecified atom stereocenters. The van der Waals surface area contributed by atoms with Crippen molar-refractivity contribution in [3.05, 3.63) is 12.2 Å². The number of hydrogen-bond acceptors (Lipinski definition) is 3. The van der Waals surface area contributed by atoms with Gasteiger partial charge in [-0.05, 0) is 26.3 Å². The van der Waals surface area contributed by atoms with Crippen molar-refractivity contribution in [1.82, 2.24) is 20.1 Å². The van der Waals surface area contributed by atoms with Crippen LogP contribution in [-0.4, -0.2) is 27.9 Å². The molecule has 0 aromatic carbocycles. The lowest BCUT2D eigenvalue weighted by Gasteiger charge is -2.19. The van der Waals surface area contributed by atoms with Gasteiger partial charge in [0.25, 0.3) is 0 Å². The Labute approximate surface area is 98.5 Å². The largest absolute Gasteiger partial charge is 0.317 e. The summed E-state index contributed by atoms with van der Waals surface area (Å²) in [5.74, 6) is 1.85. The van der Waals surface area contributed by atoms with Gasteiger partial charge in [-0.25, -0.2) is 4.98 Å². The van der Waals surface area contributed by atoms with Gasteiger partial charge in [-0.15, -0.1) is 0 Å². The molecule has 0 spiro atoms. The minimum atomic E-state index is 0.504. The number of likely N-dealkylation sites (N-methyl/N-ethyl adjacent to an activating group) is 1. The number of aromatic nitrogens is 3. The maximum Gasteiger partial charge on any atom is 0.138 e. The highest BCUT2D eigenvalue weighted by molar-refractivity contribution is 4.89. The summed E-state index contributed by atoms with van der Waals surface area (Å²) >= 11 is 0. The molecule has 0 amide bonds. The van der Waals surface area contributed by atoms with E-state index in [0.717, 1.165) is 24.7 Å². The predicted octanol–water partition coefficient (Wildman–Crippen LogP) is 1.86. The fraction of sp³-hybridized carbons (Fsp3) is 0.833. The van der Waals surface area contributed by atoms with Crippen molar-refractivity contribution in [2.75, 3.05) is 7.05 Å². The van der Waals surface area contributed by atoms with Crippen LogP contribution in [0.3, 0.4) is 0 Å². The van der Waals surface area contributed by atoms with E-state index in [1.807, 2.05) is 11.7 Å². The average molecular weight is 224 g/mol. The molecule has 0 aliphatic heterocycles. The van der Waals surface area contributed by atoms with Gasteiger partial charge >= 0.3 is 0 Å². The lowest BCUT2D eigenvalue weighted by Crippen LogP contribution is -2.30. The first-order valence-corrected chi connectivity index (χ1v) is 6.25. The normalized spacial score (nSPS) is 15.0. The zero-order valence-corrected chi connectivity index (χ0v) is 10.9. The zero-order chi connectivity index (χ0) is 12.0. The molecule has 4 heteroatoms. The Balaban J connectivity index is 2.56. The van der Waals surface area contributed by atoms with Gasteiger partial charge in [0.15, 0.2) is 0 Å². The van der Waals surface area contributed by atoms with Crippen LogP contribution in [0.4, 0.5) is 0 Å². The Morgan fingerprint density at radius 2 is 2.19 bits per heavy atom. The SMILES string of the molecule is CCC(C)CC(Cc1ncnn1CC)NC. The Kier molecular flexibility index (Phi) is 5.46. The van der Waals surface area contributed by atoms with Gasteiger partial charge < -0.3 is 5.32 Å². The van der Waals surface area contributed by atoms with Gasteiger partial charge in [0.05, 0.1) is 0 Å². The van der Waals surface area contributed by atoms with Crippen LogP contribution in [0.15, 0.2) is 6.33 Å². The van der Waals surface area contributed by atoms with E-state index >= 15 is 0 Å². The summed E-state index contributed by atoms with van der Waals surface area (Å²) < 4.78 is 1.97. The highest BCUT2D eigenvalue weighted by Gasteiger charge is 2.14. The maximum atomic E-state index is 4.32. The fourth-order valence-corrected chi connectivity index (χ4v) is 1.89. The first kappa shape index (κ1) is 13.2. The third kappa shape index (κ3) is 3.59. The molecule has 2 atom stereocenters. The Bertz CT molecular complexity index is 295. The van der Waals surface area contributed by atoms with Crippen molar-refractivity contribution in [3.63, 3.8) is 0 Å². The van der Waals surface area contributed by atoms with E-state index in [-0.39, 0.29) is 0 Å². The molecule has 0 fully saturated rings. The standard InChI is InChI=1S/C12H24N4/c1-5-10(3)7-11(13-4)8-12-14-9-15-16(12)6-2/h9-11,13H,5-8H2,1-4H3. The number of aryl methyl sites for hydroxylation is 1. The summed E-state index contributed by atoms with van der Waals surface area (Å²) in [5.41, 5.74) is 0. The molecule has 0 aliphatic carbocycles. The number of rotatable bonds is 7. The summed E-state index contributed by atoms with van der Waals surface area (Å²) in [6.45, 7) is 7.54. The second-order valence-electron chi connectivity index (χ2n) is 4.43. The predicted molar refractivity (Wildman–Crippen MR) is 66.3 cm³/mol. The first-order valence-electron chi connectivity index (χ1n) is 6.25. The smallest absolute Gasteiger partial charge is 0.138 e. The molecule has 92 valence electrons. The number of hydrogen-bond donors (Lipinski definition) is 1. The lowest BCUT2D eigenvalue weighted by molar-refractivity contribution is 0.400. The topological polar surface area (TPSA) is 42.7 Å². The lowest BCUT2D eigenvalue weighted by atomic mass is 9.97. The second-order valence-corrected chi connectivity index (χ2v) is 4.43. The van der Waals surface area contributed by atoms with Crippen LogP contribution in [0, 0.1) is 5.92 Å².